The number of halogens is 1. The van der Waals surface area contributed by atoms with Crippen molar-refractivity contribution in [3.05, 3.63) is 58.6 Å². The molecule has 1 saturated heterocycles. The van der Waals surface area contributed by atoms with E-state index in [1.807, 2.05) is 12.1 Å². The van der Waals surface area contributed by atoms with Crippen LogP contribution in [0.15, 0.2) is 53.0 Å². The van der Waals surface area contributed by atoms with Gasteiger partial charge in [0.05, 0.1) is 5.69 Å². The highest BCUT2D eigenvalue weighted by Crippen LogP contribution is 2.30. The summed E-state index contributed by atoms with van der Waals surface area (Å²) in [5.74, 6) is 0.348. The molecule has 0 bridgehead atoms. The van der Waals surface area contributed by atoms with Crippen molar-refractivity contribution < 1.29 is 5.11 Å². The minimum atomic E-state index is 0.348. The van der Waals surface area contributed by atoms with E-state index in [4.69, 9.17) is 0 Å². The summed E-state index contributed by atoms with van der Waals surface area (Å²) in [7, 11) is 0. The second-order valence-electron chi connectivity index (χ2n) is 5.38. The number of anilines is 1. The van der Waals surface area contributed by atoms with Gasteiger partial charge in [0.1, 0.15) is 5.75 Å². The average Bonchev–Trinajstić information content (AvgIpc) is 2.49. The van der Waals surface area contributed by atoms with Crippen LogP contribution >= 0.6 is 15.9 Å². The van der Waals surface area contributed by atoms with Crippen LogP contribution in [0.5, 0.6) is 5.75 Å². The van der Waals surface area contributed by atoms with Crippen LogP contribution in [0, 0.1) is 0 Å². The number of aromatic hydroxyl groups is 1. The molecule has 0 unspecified atom stereocenters. The van der Waals surface area contributed by atoms with Gasteiger partial charge >= 0.3 is 0 Å². The Balaban J connectivity index is 1.60. The maximum atomic E-state index is 10.1. The smallest absolute Gasteiger partial charge is 0.140 e. The monoisotopic (exact) mass is 346 g/mol. The molecule has 1 aliphatic rings. The van der Waals surface area contributed by atoms with Gasteiger partial charge in [0.25, 0.3) is 0 Å². The molecular formula is C17H19BrN2O. The summed E-state index contributed by atoms with van der Waals surface area (Å²) < 4.78 is 0.909. The molecule has 1 N–H and O–H groups in total. The predicted molar refractivity (Wildman–Crippen MR) is 89.7 cm³/mol. The van der Waals surface area contributed by atoms with E-state index in [1.165, 1.54) is 5.56 Å². The van der Waals surface area contributed by atoms with Gasteiger partial charge in [0.15, 0.2) is 0 Å². The third-order valence-electron chi connectivity index (χ3n) is 3.90. The molecule has 2 aromatic rings. The maximum absolute atomic E-state index is 10.1. The molecular weight excluding hydrogens is 328 g/mol. The predicted octanol–water partition coefficient (Wildman–Crippen LogP) is 3.48. The lowest BCUT2D eigenvalue weighted by molar-refractivity contribution is 0.249. The second kappa shape index (κ2) is 6.50. The molecule has 0 spiro atoms. The standard InChI is InChI=1S/C17H19BrN2O/c18-15-6-7-16(17(21)12-15)20-10-8-19(9-11-20)13-14-4-2-1-3-5-14/h1-7,12,21H,8-11,13H2. The zero-order valence-electron chi connectivity index (χ0n) is 11.9. The molecule has 110 valence electrons. The Bertz CT molecular complexity index is 595. The minimum absolute atomic E-state index is 0.348. The summed E-state index contributed by atoms with van der Waals surface area (Å²) >= 11 is 3.38. The lowest BCUT2D eigenvalue weighted by atomic mass is 10.2. The molecule has 2 aromatic carbocycles. The van der Waals surface area contributed by atoms with Gasteiger partial charge in [-0.25, -0.2) is 0 Å². The Morgan fingerprint density at radius 1 is 0.952 bits per heavy atom. The van der Waals surface area contributed by atoms with Crippen molar-refractivity contribution in [1.29, 1.82) is 0 Å². The molecule has 0 aromatic heterocycles. The molecule has 1 aliphatic heterocycles. The number of hydrogen-bond acceptors (Lipinski definition) is 3. The fraction of sp³-hybridized carbons (Fsp3) is 0.294. The van der Waals surface area contributed by atoms with E-state index in [-0.39, 0.29) is 0 Å². The van der Waals surface area contributed by atoms with Gasteiger partial charge in [-0.05, 0) is 23.8 Å². The molecule has 4 heteroatoms. The topological polar surface area (TPSA) is 26.7 Å². The number of piperazine rings is 1. The van der Waals surface area contributed by atoms with Crippen LogP contribution < -0.4 is 4.90 Å². The Morgan fingerprint density at radius 2 is 1.67 bits per heavy atom. The van der Waals surface area contributed by atoms with Gasteiger partial charge in [-0.1, -0.05) is 46.3 Å². The summed E-state index contributed by atoms with van der Waals surface area (Å²) in [6, 6.07) is 16.3. The SMILES string of the molecule is Oc1cc(Br)ccc1N1CCN(Cc2ccccc2)CC1. The first-order valence-electron chi connectivity index (χ1n) is 7.22. The summed E-state index contributed by atoms with van der Waals surface area (Å²) in [4.78, 5) is 4.71. The lowest BCUT2D eigenvalue weighted by Gasteiger charge is -2.36. The van der Waals surface area contributed by atoms with Crippen LogP contribution in [0.1, 0.15) is 5.56 Å². The van der Waals surface area contributed by atoms with E-state index in [1.54, 1.807) is 6.07 Å². The van der Waals surface area contributed by atoms with E-state index in [2.05, 4.69) is 56.1 Å². The van der Waals surface area contributed by atoms with Gasteiger partial charge in [-0.2, -0.15) is 0 Å². The Hall–Kier alpha value is -1.52. The number of phenols is 1. The summed E-state index contributed by atoms with van der Waals surface area (Å²) in [6.07, 6.45) is 0. The summed E-state index contributed by atoms with van der Waals surface area (Å²) in [6.45, 7) is 4.93. The first kappa shape index (κ1) is 14.4. The van der Waals surface area contributed by atoms with Gasteiger partial charge in [-0.15, -0.1) is 0 Å². The third-order valence-corrected chi connectivity index (χ3v) is 4.39. The summed E-state index contributed by atoms with van der Waals surface area (Å²) in [5.41, 5.74) is 2.29. The largest absolute Gasteiger partial charge is 0.506 e. The van der Waals surface area contributed by atoms with Crippen molar-refractivity contribution in [1.82, 2.24) is 4.90 Å². The molecule has 0 aliphatic carbocycles. The van der Waals surface area contributed by atoms with E-state index in [9.17, 15) is 5.11 Å². The highest BCUT2D eigenvalue weighted by Gasteiger charge is 2.19. The Kier molecular flexibility index (Phi) is 4.46. The summed E-state index contributed by atoms with van der Waals surface area (Å²) in [5, 5.41) is 10.1. The van der Waals surface area contributed by atoms with Crippen molar-refractivity contribution in [2.45, 2.75) is 6.54 Å². The highest BCUT2D eigenvalue weighted by atomic mass is 79.9. The zero-order chi connectivity index (χ0) is 14.7. The van der Waals surface area contributed by atoms with Crippen molar-refractivity contribution in [3.8, 4) is 5.75 Å². The van der Waals surface area contributed by atoms with E-state index >= 15 is 0 Å². The molecule has 0 radical (unpaired) electrons. The maximum Gasteiger partial charge on any atom is 0.140 e. The van der Waals surface area contributed by atoms with Crippen LogP contribution in [-0.2, 0) is 6.54 Å². The van der Waals surface area contributed by atoms with E-state index < -0.39 is 0 Å². The molecule has 3 rings (SSSR count). The number of phenolic OH excluding ortho intramolecular Hbond substituents is 1. The fourth-order valence-corrected chi connectivity index (χ4v) is 3.10. The van der Waals surface area contributed by atoms with Crippen LogP contribution in [0.3, 0.4) is 0 Å². The van der Waals surface area contributed by atoms with Crippen molar-refractivity contribution >= 4 is 21.6 Å². The molecule has 0 saturated carbocycles. The quantitative estimate of drug-likeness (QED) is 0.921. The van der Waals surface area contributed by atoms with Crippen molar-refractivity contribution in [3.63, 3.8) is 0 Å². The number of nitrogens with zero attached hydrogens (tertiary/aromatic N) is 2. The number of benzene rings is 2. The highest BCUT2D eigenvalue weighted by molar-refractivity contribution is 9.10. The zero-order valence-corrected chi connectivity index (χ0v) is 13.5. The Morgan fingerprint density at radius 3 is 2.33 bits per heavy atom. The molecule has 3 nitrogen and oxygen atoms in total. The first-order chi connectivity index (χ1) is 10.2. The van der Waals surface area contributed by atoms with Crippen molar-refractivity contribution in [2.75, 3.05) is 31.1 Å². The van der Waals surface area contributed by atoms with Crippen molar-refractivity contribution in [2.24, 2.45) is 0 Å². The van der Waals surface area contributed by atoms with Crippen LogP contribution in [-0.4, -0.2) is 36.2 Å². The molecule has 0 amide bonds. The first-order valence-corrected chi connectivity index (χ1v) is 8.01. The van der Waals surface area contributed by atoms with Gasteiger partial charge in [-0.3, -0.25) is 4.90 Å². The van der Waals surface area contributed by atoms with Gasteiger partial charge in [0.2, 0.25) is 0 Å². The van der Waals surface area contributed by atoms with Crippen LogP contribution in [0.25, 0.3) is 0 Å². The van der Waals surface area contributed by atoms with E-state index in [0.29, 0.717) is 5.75 Å². The molecule has 0 atom stereocenters. The third kappa shape index (κ3) is 3.57. The minimum Gasteiger partial charge on any atom is -0.506 e. The normalized spacial score (nSPS) is 16.1. The lowest BCUT2D eigenvalue weighted by Crippen LogP contribution is -2.45. The number of rotatable bonds is 3. The van der Waals surface area contributed by atoms with Crippen LogP contribution in [0.4, 0.5) is 5.69 Å². The fourth-order valence-electron chi connectivity index (χ4n) is 2.75. The molecule has 1 heterocycles. The second-order valence-corrected chi connectivity index (χ2v) is 6.30. The average molecular weight is 347 g/mol. The van der Waals surface area contributed by atoms with E-state index in [0.717, 1.165) is 42.9 Å². The van der Waals surface area contributed by atoms with Crippen LogP contribution in [0.2, 0.25) is 0 Å². The molecule has 21 heavy (non-hydrogen) atoms. The number of hydrogen-bond donors (Lipinski definition) is 1. The van der Waals surface area contributed by atoms with Gasteiger partial charge < -0.3 is 10.0 Å². The Labute approximate surface area is 133 Å². The van der Waals surface area contributed by atoms with Gasteiger partial charge in [0, 0.05) is 37.2 Å². The molecule has 1 fully saturated rings.